The van der Waals surface area contributed by atoms with Crippen molar-refractivity contribution in [3.8, 4) is 11.8 Å². The molecule has 1 aromatic carbocycles. The highest BCUT2D eigenvalue weighted by atomic mass is 35.5. The Morgan fingerprint density at radius 2 is 2.05 bits per heavy atom. The topological polar surface area (TPSA) is 75.6 Å². The molecular weight excluding hydrogens is 306 g/mol. The van der Waals surface area contributed by atoms with Crippen LogP contribution in [0.15, 0.2) is 18.2 Å². The van der Waals surface area contributed by atoms with Crippen LogP contribution in [0.25, 0.3) is 0 Å². The highest BCUT2D eigenvalue weighted by Gasteiger charge is 2.15. The van der Waals surface area contributed by atoms with E-state index in [1.807, 2.05) is 0 Å². The number of carboxylic acid groups (broad SMARTS) is 1. The second-order valence-corrected chi connectivity index (χ2v) is 5.86. The van der Waals surface area contributed by atoms with Gasteiger partial charge in [0.1, 0.15) is 5.60 Å². The Hall–Kier alpha value is -2.19. The van der Waals surface area contributed by atoms with Crippen molar-refractivity contribution in [2.45, 2.75) is 32.8 Å². The van der Waals surface area contributed by atoms with Crippen LogP contribution < -0.4 is 5.32 Å². The van der Waals surface area contributed by atoms with Gasteiger partial charge in [0.2, 0.25) is 0 Å². The van der Waals surface area contributed by atoms with Crippen LogP contribution in [0.1, 0.15) is 43.1 Å². The van der Waals surface area contributed by atoms with Crippen LogP contribution in [0.4, 0.5) is 4.79 Å². The predicted molar refractivity (Wildman–Crippen MR) is 84.1 cm³/mol. The van der Waals surface area contributed by atoms with Gasteiger partial charge < -0.3 is 15.2 Å². The van der Waals surface area contributed by atoms with Gasteiger partial charge in [-0.25, -0.2) is 9.59 Å². The summed E-state index contributed by atoms with van der Waals surface area (Å²) in [5.41, 5.74) is -0.221. The molecule has 5 nitrogen and oxygen atoms in total. The molecule has 1 rings (SSSR count). The smallest absolute Gasteiger partial charge is 0.407 e. The van der Waals surface area contributed by atoms with Gasteiger partial charge in [0, 0.05) is 18.5 Å². The van der Waals surface area contributed by atoms with Crippen LogP contribution in [-0.4, -0.2) is 29.3 Å². The van der Waals surface area contributed by atoms with Crippen LogP contribution >= 0.6 is 11.6 Å². The van der Waals surface area contributed by atoms with Crippen molar-refractivity contribution in [3.05, 3.63) is 34.3 Å². The molecule has 1 aromatic rings. The number of rotatable bonds is 3. The van der Waals surface area contributed by atoms with Crippen molar-refractivity contribution in [3.63, 3.8) is 0 Å². The maximum atomic E-state index is 11.4. The van der Waals surface area contributed by atoms with Gasteiger partial charge >= 0.3 is 12.1 Å². The van der Waals surface area contributed by atoms with E-state index in [0.717, 1.165) is 0 Å². The van der Waals surface area contributed by atoms with Crippen LogP contribution in [-0.2, 0) is 4.74 Å². The van der Waals surface area contributed by atoms with Gasteiger partial charge in [-0.15, -0.1) is 0 Å². The van der Waals surface area contributed by atoms with E-state index in [1.54, 1.807) is 32.9 Å². The molecule has 0 saturated carbocycles. The monoisotopic (exact) mass is 323 g/mol. The summed E-state index contributed by atoms with van der Waals surface area (Å²) in [6.45, 7) is 5.64. The lowest BCUT2D eigenvalue weighted by Gasteiger charge is -2.19. The lowest BCUT2D eigenvalue weighted by molar-refractivity contribution is 0.0528. The summed E-state index contributed by atoms with van der Waals surface area (Å²) in [4.78, 5) is 22.5. The van der Waals surface area contributed by atoms with Gasteiger partial charge in [-0.05, 0) is 32.9 Å². The predicted octanol–water partition coefficient (Wildman–Crippen LogP) is 3.30. The molecule has 0 aromatic heterocycles. The van der Waals surface area contributed by atoms with Crippen molar-refractivity contribution < 1.29 is 19.4 Å². The maximum Gasteiger partial charge on any atom is 0.407 e. The summed E-state index contributed by atoms with van der Waals surface area (Å²) in [7, 11) is 0. The minimum Gasteiger partial charge on any atom is -0.478 e. The lowest BCUT2D eigenvalue weighted by Crippen LogP contribution is -2.32. The molecule has 2 N–H and O–H groups in total. The third kappa shape index (κ3) is 6.06. The number of halogens is 1. The summed E-state index contributed by atoms with van der Waals surface area (Å²) in [5, 5.41) is 11.8. The molecule has 0 saturated heterocycles. The lowest BCUT2D eigenvalue weighted by atomic mass is 10.1. The average Bonchev–Trinajstić information content (AvgIpc) is 2.35. The molecule has 118 valence electrons. The van der Waals surface area contributed by atoms with Crippen LogP contribution in [0.2, 0.25) is 5.02 Å². The first-order valence-corrected chi connectivity index (χ1v) is 7.06. The minimum atomic E-state index is -1.12. The molecule has 22 heavy (non-hydrogen) atoms. The largest absolute Gasteiger partial charge is 0.478 e. The molecular formula is C16H18ClNO4. The van der Waals surface area contributed by atoms with Gasteiger partial charge in [0.15, 0.2) is 0 Å². The Kier molecular flexibility index (Phi) is 6.26. The first kappa shape index (κ1) is 17.9. The Morgan fingerprint density at radius 3 is 2.64 bits per heavy atom. The summed E-state index contributed by atoms with van der Waals surface area (Å²) in [6.07, 6.45) is -0.145. The third-order valence-corrected chi connectivity index (χ3v) is 2.68. The second kappa shape index (κ2) is 7.71. The second-order valence-electron chi connectivity index (χ2n) is 5.45. The van der Waals surface area contributed by atoms with Crippen LogP contribution in [0.5, 0.6) is 0 Å². The number of carbonyl (C=O) groups is 2. The molecule has 0 aliphatic rings. The fraction of sp³-hybridized carbons (Fsp3) is 0.375. The number of aromatic carboxylic acids is 1. The van der Waals surface area contributed by atoms with Crippen molar-refractivity contribution in [2.75, 3.05) is 6.54 Å². The van der Waals surface area contributed by atoms with Crippen LogP contribution in [0, 0.1) is 11.8 Å². The number of nitrogens with one attached hydrogen (secondary N) is 1. The summed E-state index contributed by atoms with van der Waals surface area (Å²) in [6, 6.07) is 4.72. The minimum absolute atomic E-state index is 0.0169. The van der Waals surface area contributed by atoms with Gasteiger partial charge in [0.25, 0.3) is 0 Å². The highest BCUT2D eigenvalue weighted by molar-refractivity contribution is 6.33. The molecule has 6 heteroatoms. The average molecular weight is 324 g/mol. The summed E-state index contributed by atoms with van der Waals surface area (Å²) < 4.78 is 5.08. The van der Waals surface area contributed by atoms with Crippen molar-refractivity contribution in [1.29, 1.82) is 0 Å². The van der Waals surface area contributed by atoms with Gasteiger partial charge in [-0.1, -0.05) is 29.5 Å². The first-order valence-electron chi connectivity index (χ1n) is 6.68. The molecule has 0 aliphatic carbocycles. The SMILES string of the molecule is CC(C)(C)OC(=O)NCCC#Cc1cccc(Cl)c1C(=O)O. The number of carbonyl (C=O) groups excluding carboxylic acids is 1. The molecule has 0 unspecified atom stereocenters. The normalized spacial score (nSPS) is 10.4. The highest BCUT2D eigenvalue weighted by Crippen LogP contribution is 2.19. The Bertz CT molecular complexity index is 623. The molecule has 1 amide bonds. The molecule has 0 aliphatic heterocycles. The standard InChI is InChI=1S/C16H18ClNO4/c1-16(2,3)22-15(21)18-10-5-4-7-11-8-6-9-12(17)13(11)14(19)20/h6,8-9H,5,10H2,1-3H3,(H,18,21)(H,19,20). The van der Waals surface area contributed by atoms with Gasteiger partial charge in [-0.3, -0.25) is 0 Å². The van der Waals surface area contributed by atoms with E-state index in [2.05, 4.69) is 17.2 Å². The van der Waals surface area contributed by atoms with Crippen molar-refractivity contribution >= 4 is 23.7 Å². The summed E-state index contributed by atoms with van der Waals surface area (Å²) >= 11 is 5.85. The zero-order valence-corrected chi connectivity index (χ0v) is 13.5. The number of alkyl carbamates (subject to hydrolysis) is 1. The molecule has 0 atom stereocenters. The number of amides is 1. The number of carboxylic acids is 1. The number of ether oxygens (including phenoxy) is 1. The Balaban J connectivity index is 2.58. The molecule has 0 radical (unpaired) electrons. The van der Waals surface area contributed by atoms with E-state index >= 15 is 0 Å². The maximum absolute atomic E-state index is 11.4. The first-order chi connectivity index (χ1) is 10.2. The van der Waals surface area contributed by atoms with E-state index < -0.39 is 17.7 Å². The van der Waals surface area contributed by atoms with E-state index in [1.165, 1.54) is 6.07 Å². The fourth-order valence-electron chi connectivity index (χ4n) is 1.54. The molecule has 0 bridgehead atoms. The number of hydrogen-bond acceptors (Lipinski definition) is 3. The Morgan fingerprint density at radius 1 is 1.36 bits per heavy atom. The van der Waals surface area contributed by atoms with Crippen molar-refractivity contribution in [1.82, 2.24) is 5.32 Å². The zero-order chi connectivity index (χ0) is 16.8. The van der Waals surface area contributed by atoms with Gasteiger partial charge in [-0.2, -0.15) is 0 Å². The van der Waals surface area contributed by atoms with Crippen LogP contribution in [0.3, 0.4) is 0 Å². The van der Waals surface area contributed by atoms with E-state index in [-0.39, 0.29) is 10.6 Å². The zero-order valence-electron chi connectivity index (χ0n) is 12.7. The van der Waals surface area contributed by atoms with E-state index in [4.69, 9.17) is 21.4 Å². The summed E-state index contributed by atoms with van der Waals surface area (Å²) in [5.74, 6) is 4.43. The van der Waals surface area contributed by atoms with E-state index in [9.17, 15) is 9.59 Å². The number of hydrogen-bond donors (Lipinski definition) is 2. The van der Waals surface area contributed by atoms with E-state index in [0.29, 0.717) is 18.5 Å². The number of benzene rings is 1. The molecule has 0 spiro atoms. The fourth-order valence-corrected chi connectivity index (χ4v) is 1.80. The quantitative estimate of drug-likeness (QED) is 0.661. The van der Waals surface area contributed by atoms with Gasteiger partial charge in [0.05, 0.1) is 10.6 Å². The van der Waals surface area contributed by atoms with Crippen molar-refractivity contribution in [2.24, 2.45) is 0 Å². The Labute approximate surface area is 134 Å². The molecule has 0 fully saturated rings. The molecule has 0 heterocycles. The third-order valence-electron chi connectivity index (χ3n) is 2.37.